The number of carbonyl (C=O) groups is 1. The second-order valence-electron chi connectivity index (χ2n) is 7.24. The third kappa shape index (κ3) is 4.06. The average molecular weight is 403 g/mol. The highest BCUT2D eigenvalue weighted by atomic mass is 19.1. The molecule has 2 heterocycles. The number of fused-ring (bicyclic) bond motifs is 1. The molecule has 4 rings (SSSR count). The minimum absolute atomic E-state index is 0.141. The molecule has 0 bridgehead atoms. The Morgan fingerprint density at radius 1 is 1.13 bits per heavy atom. The Kier molecular flexibility index (Phi) is 5.80. The van der Waals surface area contributed by atoms with Crippen LogP contribution in [0.1, 0.15) is 18.4 Å². The lowest BCUT2D eigenvalue weighted by atomic mass is 10.1. The van der Waals surface area contributed by atoms with Crippen LogP contribution in [0, 0.1) is 17.1 Å². The number of hydrogen-bond acceptors (Lipinski definition) is 3. The minimum Gasteiger partial charge on any atom is -0.489 e. The second kappa shape index (κ2) is 8.83. The molecule has 152 valence electrons. The number of aromatic nitrogens is 1. The molecule has 5 nitrogen and oxygen atoms in total. The van der Waals surface area contributed by atoms with E-state index >= 15 is 0 Å². The zero-order valence-electron chi connectivity index (χ0n) is 16.6. The van der Waals surface area contributed by atoms with Gasteiger partial charge in [0.25, 0.3) is 5.91 Å². The molecule has 1 saturated heterocycles. The zero-order chi connectivity index (χ0) is 20.9. The highest BCUT2D eigenvalue weighted by Gasteiger charge is 2.22. The Bertz CT molecular complexity index is 1140. The van der Waals surface area contributed by atoms with Crippen molar-refractivity contribution in [1.82, 2.24) is 9.47 Å². The monoisotopic (exact) mass is 403 g/mol. The van der Waals surface area contributed by atoms with Crippen molar-refractivity contribution < 1.29 is 13.9 Å². The van der Waals surface area contributed by atoms with Gasteiger partial charge in [0.15, 0.2) is 11.6 Å². The van der Waals surface area contributed by atoms with E-state index in [1.54, 1.807) is 29.2 Å². The van der Waals surface area contributed by atoms with Crippen LogP contribution in [0.4, 0.5) is 4.39 Å². The van der Waals surface area contributed by atoms with Gasteiger partial charge in [-0.05, 0) is 37.1 Å². The number of para-hydroxylation sites is 2. The molecule has 1 aromatic heterocycles. The lowest BCUT2D eigenvalue weighted by molar-refractivity contribution is -0.125. The number of ether oxygens (including phenoxy) is 1. The summed E-state index contributed by atoms with van der Waals surface area (Å²) >= 11 is 0. The van der Waals surface area contributed by atoms with Gasteiger partial charge in [0.2, 0.25) is 0 Å². The number of hydrogen-bond donors (Lipinski definition) is 0. The Labute approximate surface area is 174 Å². The summed E-state index contributed by atoms with van der Waals surface area (Å²) in [7, 11) is 0. The smallest absolute Gasteiger partial charge is 0.264 e. The van der Waals surface area contributed by atoms with Gasteiger partial charge in [-0.1, -0.05) is 30.3 Å². The van der Waals surface area contributed by atoms with Gasteiger partial charge in [-0.2, -0.15) is 5.26 Å². The molecular formula is C24H22FN3O2. The molecule has 0 atom stereocenters. The first-order valence-corrected chi connectivity index (χ1v) is 10.0. The second-order valence-corrected chi connectivity index (χ2v) is 7.24. The SMILES string of the molecule is N#CC(=Cc1cn(CCOc2ccccc2F)c2ccccc12)C(=O)N1CCCC1. The van der Waals surface area contributed by atoms with E-state index in [4.69, 9.17) is 4.74 Å². The number of nitrogens with zero attached hydrogens (tertiary/aromatic N) is 3. The van der Waals surface area contributed by atoms with E-state index in [9.17, 15) is 14.4 Å². The predicted molar refractivity (Wildman–Crippen MR) is 113 cm³/mol. The van der Waals surface area contributed by atoms with Crippen molar-refractivity contribution in [3.05, 3.63) is 71.7 Å². The molecule has 1 aliphatic rings. The number of nitriles is 1. The molecule has 1 aliphatic heterocycles. The lowest BCUT2D eigenvalue weighted by Gasteiger charge is -2.13. The lowest BCUT2D eigenvalue weighted by Crippen LogP contribution is -2.28. The number of rotatable bonds is 6. The number of likely N-dealkylation sites (tertiary alicyclic amines) is 1. The van der Waals surface area contributed by atoms with Gasteiger partial charge in [-0.15, -0.1) is 0 Å². The number of halogens is 1. The Hall–Kier alpha value is -3.59. The molecule has 0 unspecified atom stereocenters. The normalized spacial score (nSPS) is 14.1. The van der Waals surface area contributed by atoms with Crippen molar-refractivity contribution in [2.45, 2.75) is 19.4 Å². The van der Waals surface area contributed by atoms with Crippen molar-refractivity contribution in [1.29, 1.82) is 5.26 Å². The van der Waals surface area contributed by atoms with Crippen LogP contribution in [0.2, 0.25) is 0 Å². The number of amides is 1. The summed E-state index contributed by atoms with van der Waals surface area (Å²) in [4.78, 5) is 14.4. The van der Waals surface area contributed by atoms with Crippen molar-refractivity contribution in [2.24, 2.45) is 0 Å². The molecule has 0 saturated carbocycles. The van der Waals surface area contributed by atoms with Crippen LogP contribution in [-0.2, 0) is 11.3 Å². The average Bonchev–Trinajstić information content (AvgIpc) is 3.42. The molecule has 0 spiro atoms. The van der Waals surface area contributed by atoms with Crippen LogP contribution in [0.3, 0.4) is 0 Å². The van der Waals surface area contributed by atoms with Gasteiger partial charge >= 0.3 is 0 Å². The third-order valence-electron chi connectivity index (χ3n) is 5.29. The van der Waals surface area contributed by atoms with Gasteiger partial charge < -0.3 is 14.2 Å². The summed E-state index contributed by atoms with van der Waals surface area (Å²) in [5.74, 6) is -0.385. The fourth-order valence-corrected chi connectivity index (χ4v) is 3.78. The molecule has 0 aliphatic carbocycles. The first-order valence-electron chi connectivity index (χ1n) is 10.0. The van der Waals surface area contributed by atoms with Crippen molar-refractivity contribution in [3.8, 4) is 11.8 Å². The molecular weight excluding hydrogens is 381 g/mol. The third-order valence-corrected chi connectivity index (χ3v) is 5.29. The van der Waals surface area contributed by atoms with Gasteiger partial charge in [0.05, 0.1) is 6.54 Å². The highest BCUT2D eigenvalue weighted by Crippen LogP contribution is 2.25. The molecule has 1 amide bonds. The molecule has 0 radical (unpaired) electrons. The van der Waals surface area contributed by atoms with E-state index < -0.39 is 5.82 Å². The molecule has 1 fully saturated rings. The predicted octanol–water partition coefficient (Wildman–Crippen LogP) is 4.39. The largest absolute Gasteiger partial charge is 0.489 e. The van der Waals surface area contributed by atoms with E-state index in [2.05, 4.69) is 6.07 Å². The van der Waals surface area contributed by atoms with Gasteiger partial charge in [-0.3, -0.25) is 4.79 Å². The van der Waals surface area contributed by atoms with Crippen LogP contribution in [0.25, 0.3) is 17.0 Å². The Balaban J connectivity index is 1.58. The molecule has 2 aromatic carbocycles. The maximum Gasteiger partial charge on any atom is 0.264 e. The van der Waals surface area contributed by atoms with E-state index in [1.807, 2.05) is 35.0 Å². The van der Waals surface area contributed by atoms with E-state index in [0.717, 1.165) is 29.3 Å². The maximum atomic E-state index is 13.8. The van der Waals surface area contributed by atoms with Crippen molar-refractivity contribution in [3.63, 3.8) is 0 Å². The molecule has 30 heavy (non-hydrogen) atoms. The summed E-state index contributed by atoms with van der Waals surface area (Å²) in [5.41, 5.74) is 1.91. The maximum absolute atomic E-state index is 13.8. The number of carbonyl (C=O) groups excluding carboxylic acids is 1. The first kappa shape index (κ1) is 19.7. The van der Waals surface area contributed by atoms with Crippen LogP contribution < -0.4 is 4.74 Å². The van der Waals surface area contributed by atoms with Crippen LogP contribution >= 0.6 is 0 Å². The van der Waals surface area contributed by atoms with Gasteiger partial charge in [0.1, 0.15) is 18.2 Å². The topological polar surface area (TPSA) is 58.3 Å². The molecule has 6 heteroatoms. The van der Waals surface area contributed by atoms with Crippen molar-refractivity contribution in [2.75, 3.05) is 19.7 Å². The van der Waals surface area contributed by atoms with Crippen LogP contribution in [-0.4, -0.2) is 35.1 Å². The van der Waals surface area contributed by atoms with Crippen molar-refractivity contribution >= 4 is 22.9 Å². The molecule has 3 aromatic rings. The van der Waals surface area contributed by atoms with E-state index in [-0.39, 0.29) is 17.2 Å². The van der Waals surface area contributed by atoms with Crippen LogP contribution in [0.15, 0.2) is 60.3 Å². The Morgan fingerprint density at radius 3 is 2.63 bits per heavy atom. The Morgan fingerprint density at radius 2 is 1.87 bits per heavy atom. The molecule has 0 N–H and O–H groups in total. The fourth-order valence-electron chi connectivity index (χ4n) is 3.78. The minimum atomic E-state index is -0.391. The standard InChI is InChI=1S/C24H22FN3O2/c25-21-8-2-4-10-23(21)30-14-13-28-17-19(20-7-1-3-9-22(20)28)15-18(16-26)24(29)27-11-5-6-12-27/h1-4,7-10,15,17H,5-6,11-14H2. The van der Waals surface area contributed by atoms with Gasteiger partial charge in [0, 0.05) is 35.8 Å². The summed E-state index contributed by atoms with van der Waals surface area (Å²) < 4.78 is 21.3. The van der Waals surface area contributed by atoms with Crippen LogP contribution in [0.5, 0.6) is 5.75 Å². The highest BCUT2D eigenvalue weighted by molar-refractivity contribution is 6.04. The summed E-state index contributed by atoms with van der Waals surface area (Å²) in [6.45, 7) is 2.20. The van der Waals surface area contributed by atoms with Gasteiger partial charge in [-0.25, -0.2) is 4.39 Å². The summed E-state index contributed by atoms with van der Waals surface area (Å²) in [6, 6.07) is 16.2. The zero-order valence-corrected chi connectivity index (χ0v) is 16.6. The van der Waals surface area contributed by atoms with E-state index in [0.29, 0.717) is 26.2 Å². The fraction of sp³-hybridized carbons (Fsp3) is 0.250. The van der Waals surface area contributed by atoms with E-state index in [1.165, 1.54) is 6.07 Å². The first-order chi connectivity index (χ1) is 14.7. The quantitative estimate of drug-likeness (QED) is 0.453. The number of benzene rings is 2. The summed E-state index contributed by atoms with van der Waals surface area (Å²) in [6.07, 6.45) is 5.53. The summed E-state index contributed by atoms with van der Waals surface area (Å²) in [5, 5.41) is 10.5.